The molecule has 0 aliphatic heterocycles. The van der Waals surface area contributed by atoms with Crippen LogP contribution in [0.1, 0.15) is 78.0 Å². The van der Waals surface area contributed by atoms with E-state index < -0.39 is 0 Å². The van der Waals surface area contributed by atoms with E-state index in [1.54, 1.807) is 0 Å². The summed E-state index contributed by atoms with van der Waals surface area (Å²) < 4.78 is 0. The number of hydrogen-bond acceptors (Lipinski definition) is 0. The Labute approximate surface area is 135 Å². The number of fused-ring (bicyclic) bond motifs is 1. The molecule has 0 aromatic heterocycles. The first-order valence-electron chi connectivity index (χ1n) is 8.40. The zero-order valence-corrected chi connectivity index (χ0v) is 15.3. The first-order valence-corrected chi connectivity index (χ1v) is 8.40. The van der Waals surface area contributed by atoms with Crippen LogP contribution in [0, 0.1) is 5.41 Å². The van der Waals surface area contributed by atoms with E-state index in [9.17, 15) is 0 Å². The zero-order chi connectivity index (χ0) is 16.4. The van der Waals surface area contributed by atoms with Gasteiger partial charge in [0.2, 0.25) is 0 Å². The molecule has 0 saturated carbocycles. The predicted octanol–water partition coefficient (Wildman–Crippen LogP) is 6.75. The van der Waals surface area contributed by atoms with Crippen LogP contribution >= 0.6 is 0 Å². The Balaban J connectivity index is 2.31. The Morgan fingerprint density at radius 3 is 2.05 bits per heavy atom. The predicted molar refractivity (Wildman–Crippen MR) is 97.9 cm³/mol. The molecule has 0 fully saturated rings. The second-order valence-corrected chi connectivity index (χ2v) is 7.67. The summed E-state index contributed by atoms with van der Waals surface area (Å²) in [6.07, 6.45) is 0. The molecule has 1 aromatic carbocycles. The highest BCUT2D eigenvalue weighted by Gasteiger charge is 2.37. The van der Waals surface area contributed by atoms with Gasteiger partial charge < -0.3 is 0 Å². The molecule has 22 heavy (non-hydrogen) atoms. The molecule has 0 amide bonds. The van der Waals surface area contributed by atoms with Crippen LogP contribution in [0.2, 0.25) is 0 Å². The van der Waals surface area contributed by atoms with Crippen molar-refractivity contribution in [1.82, 2.24) is 0 Å². The largest absolute Gasteiger partial charge is 0.0625 e. The Hall–Kier alpha value is -1.56. The maximum atomic E-state index is 2.38. The Morgan fingerprint density at radius 2 is 1.50 bits per heavy atom. The summed E-state index contributed by atoms with van der Waals surface area (Å²) in [5.74, 6) is 0.551. The molecule has 1 atom stereocenters. The molecule has 0 spiro atoms. The van der Waals surface area contributed by atoms with Gasteiger partial charge in [-0.15, -0.1) is 0 Å². The molecule has 1 aromatic rings. The minimum absolute atomic E-state index is 0.128. The maximum absolute atomic E-state index is 2.38. The average molecular weight is 292 g/mol. The van der Waals surface area contributed by atoms with Crippen LogP contribution in [0.5, 0.6) is 0 Å². The number of hydrogen-bond donors (Lipinski definition) is 0. The van der Waals surface area contributed by atoms with Crippen molar-refractivity contribution >= 4 is 11.1 Å². The molecule has 0 saturated heterocycles. The number of rotatable bonds is 1. The summed E-state index contributed by atoms with van der Waals surface area (Å²) in [7, 11) is 0. The maximum Gasteiger partial charge on any atom is 0.0117 e. The molecular formula is C22H28. The Morgan fingerprint density at radius 1 is 0.864 bits per heavy atom. The average Bonchev–Trinajstić information content (AvgIpc) is 2.79. The van der Waals surface area contributed by atoms with Gasteiger partial charge in [0.25, 0.3) is 0 Å². The van der Waals surface area contributed by atoms with E-state index in [4.69, 9.17) is 0 Å². The SMILES string of the molecule is CC1=C(C)C(C)(C)C(c2cccc3c2C(C)=C(C)C3C)=C1C. The van der Waals surface area contributed by atoms with Crippen molar-refractivity contribution in [3.05, 3.63) is 57.2 Å². The summed E-state index contributed by atoms with van der Waals surface area (Å²) in [5, 5.41) is 0. The molecule has 0 heteroatoms. The van der Waals surface area contributed by atoms with E-state index >= 15 is 0 Å². The van der Waals surface area contributed by atoms with Gasteiger partial charge in [0.05, 0.1) is 0 Å². The van der Waals surface area contributed by atoms with Gasteiger partial charge in [0.1, 0.15) is 0 Å². The minimum atomic E-state index is 0.128. The van der Waals surface area contributed by atoms with Crippen molar-refractivity contribution in [2.24, 2.45) is 5.41 Å². The van der Waals surface area contributed by atoms with Gasteiger partial charge in [0, 0.05) is 11.3 Å². The van der Waals surface area contributed by atoms with Crippen molar-refractivity contribution < 1.29 is 0 Å². The molecule has 0 heterocycles. The molecular weight excluding hydrogens is 264 g/mol. The third-order valence-electron chi connectivity index (χ3n) is 6.51. The highest BCUT2D eigenvalue weighted by molar-refractivity contribution is 5.91. The Kier molecular flexibility index (Phi) is 3.29. The van der Waals surface area contributed by atoms with Crippen LogP contribution in [0.15, 0.2) is 40.5 Å². The van der Waals surface area contributed by atoms with Crippen LogP contribution in [-0.4, -0.2) is 0 Å². The fraction of sp³-hybridized carbons (Fsp3) is 0.455. The standard InChI is InChI=1S/C22H28/c1-12-14(3)18-10-9-11-19(20(18)15(12)4)21-16(5)13(2)17(6)22(21,7)8/h9-11,14H,1-8H3. The van der Waals surface area contributed by atoms with Crippen LogP contribution in [0.3, 0.4) is 0 Å². The third kappa shape index (κ3) is 1.76. The highest BCUT2D eigenvalue weighted by Crippen LogP contribution is 2.54. The smallest absolute Gasteiger partial charge is 0.0117 e. The fourth-order valence-corrected chi connectivity index (χ4v) is 4.45. The van der Waals surface area contributed by atoms with E-state index in [1.807, 2.05) is 0 Å². The van der Waals surface area contributed by atoms with E-state index in [2.05, 4.69) is 73.6 Å². The van der Waals surface area contributed by atoms with Gasteiger partial charge in [-0.3, -0.25) is 0 Å². The van der Waals surface area contributed by atoms with E-state index in [0.717, 1.165) is 0 Å². The minimum Gasteiger partial charge on any atom is -0.0625 e. The first-order chi connectivity index (χ1) is 10.2. The van der Waals surface area contributed by atoms with Crippen molar-refractivity contribution in [1.29, 1.82) is 0 Å². The normalized spacial score (nSPS) is 23.7. The van der Waals surface area contributed by atoms with Gasteiger partial charge in [-0.05, 0) is 73.6 Å². The molecule has 2 aliphatic rings. The van der Waals surface area contributed by atoms with E-state index in [1.165, 1.54) is 50.1 Å². The second-order valence-electron chi connectivity index (χ2n) is 7.67. The van der Waals surface area contributed by atoms with Gasteiger partial charge in [-0.25, -0.2) is 0 Å². The fourth-order valence-electron chi connectivity index (χ4n) is 4.45. The third-order valence-corrected chi connectivity index (χ3v) is 6.51. The van der Waals surface area contributed by atoms with Gasteiger partial charge >= 0.3 is 0 Å². The summed E-state index contributed by atoms with van der Waals surface area (Å²) in [6.45, 7) is 18.6. The summed E-state index contributed by atoms with van der Waals surface area (Å²) in [5.41, 5.74) is 13.6. The molecule has 116 valence electrons. The summed E-state index contributed by atoms with van der Waals surface area (Å²) >= 11 is 0. The quantitative estimate of drug-likeness (QED) is 0.537. The topological polar surface area (TPSA) is 0 Å². The lowest BCUT2D eigenvalue weighted by atomic mass is 9.75. The number of allylic oxidation sites excluding steroid dienone is 6. The van der Waals surface area contributed by atoms with Crippen molar-refractivity contribution in [3.63, 3.8) is 0 Å². The van der Waals surface area contributed by atoms with Crippen molar-refractivity contribution in [2.75, 3.05) is 0 Å². The first kappa shape index (κ1) is 15.3. The van der Waals surface area contributed by atoms with E-state index in [-0.39, 0.29) is 5.41 Å². The lowest BCUT2D eigenvalue weighted by Gasteiger charge is -2.28. The molecule has 2 aliphatic carbocycles. The van der Waals surface area contributed by atoms with Crippen molar-refractivity contribution in [2.45, 2.75) is 61.3 Å². The summed E-state index contributed by atoms with van der Waals surface area (Å²) in [6, 6.07) is 6.89. The molecule has 1 unspecified atom stereocenters. The van der Waals surface area contributed by atoms with Crippen LogP contribution < -0.4 is 0 Å². The lowest BCUT2D eigenvalue weighted by Crippen LogP contribution is -2.14. The van der Waals surface area contributed by atoms with Gasteiger partial charge in [0.15, 0.2) is 0 Å². The second kappa shape index (κ2) is 4.72. The van der Waals surface area contributed by atoms with E-state index in [0.29, 0.717) is 5.92 Å². The molecule has 3 rings (SSSR count). The van der Waals surface area contributed by atoms with Crippen LogP contribution in [0.4, 0.5) is 0 Å². The van der Waals surface area contributed by atoms with Crippen molar-refractivity contribution in [3.8, 4) is 0 Å². The van der Waals surface area contributed by atoms with Gasteiger partial charge in [-0.1, -0.05) is 50.1 Å². The molecule has 0 N–H and O–H groups in total. The molecule has 0 nitrogen and oxygen atoms in total. The monoisotopic (exact) mass is 292 g/mol. The summed E-state index contributed by atoms with van der Waals surface area (Å²) in [4.78, 5) is 0. The number of benzene rings is 1. The Bertz CT molecular complexity index is 763. The highest BCUT2D eigenvalue weighted by atomic mass is 14.4. The van der Waals surface area contributed by atoms with Gasteiger partial charge in [-0.2, -0.15) is 0 Å². The van der Waals surface area contributed by atoms with Crippen LogP contribution in [0.25, 0.3) is 11.1 Å². The van der Waals surface area contributed by atoms with Crippen LogP contribution in [-0.2, 0) is 0 Å². The zero-order valence-electron chi connectivity index (χ0n) is 15.3. The molecule has 0 bridgehead atoms. The lowest BCUT2D eigenvalue weighted by molar-refractivity contribution is 0.608. The molecule has 0 radical (unpaired) electrons.